The Kier molecular flexibility index (Phi) is 4.55. The van der Waals surface area contributed by atoms with Crippen LogP contribution < -0.4 is 10.6 Å². The fourth-order valence-electron chi connectivity index (χ4n) is 4.59. The molecule has 10 heteroatoms. The van der Waals surface area contributed by atoms with Crippen LogP contribution in [0.1, 0.15) is 5.56 Å². The molecule has 6 heterocycles. The van der Waals surface area contributed by atoms with Gasteiger partial charge in [-0.05, 0) is 31.2 Å². The summed E-state index contributed by atoms with van der Waals surface area (Å²) in [5.74, 6) is 1.43. The van der Waals surface area contributed by atoms with Gasteiger partial charge in [0.25, 0.3) is 0 Å². The van der Waals surface area contributed by atoms with Gasteiger partial charge in [0.1, 0.15) is 22.5 Å². The first-order valence-electron chi connectivity index (χ1n) is 11.7. The minimum Gasteiger partial charge on any atom is -0.352 e. The fourth-order valence-corrected chi connectivity index (χ4v) is 4.59. The predicted molar refractivity (Wildman–Crippen MR) is 138 cm³/mol. The van der Waals surface area contributed by atoms with E-state index in [4.69, 9.17) is 20.7 Å². The molecule has 0 atom stereocenters. The van der Waals surface area contributed by atoms with Crippen LogP contribution in [0.4, 0.5) is 5.82 Å². The monoisotopic (exact) mass is 474 g/mol. The van der Waals surface area contributed by atoms with Crippen molar-refractivity contribution in [1.82, 2.24) is 40.1 Å². The third-order valence-corrected chi connectivity index (χ3v) is 6.44. The van der Waals surface area contributed by atoms with Crippen molar-refractivity contribution in [1.29, 1.82) is 0 Å². The first-order chi connectivity index (χ1) is 17.6. The fraction of sp³-hybridized carbons (Fsp3) is 0.154. The van der Waals surface area contributed by atoms with Gasteiger partial charge < -0.3 is 15.6 Å². The molecule has 176 valence electrons. The summed E-state index contributed by atoms with van der Waals surface area (Å²) in [5.41, 5.74) is 14.2. The molecule has 1 aliphatic heterocycles. The highest BCUT2D eigenvalue weighted by Crippen LogP contribution is 2.31. The average molecular weight is 475 g/mol. The molecule has 0 saturated carbocycles. The number of nitrogens with two attached hydrogens (primary N) is 1. The molecule has 5 aromatic heterocycles. The van der Waals surface area contributed by atoms with Crippen LogP contribution in [0, 0.1) is 6.92 Å². The second-order valence-electron chi connectivity index (χ2n) is 9.10. The maximum absolute atomic E-state index is 5.93. The van der Waals surface area contributed by atoms with Gasteiger partial charge in [0.05, 0.1) is 34.8 Å². The van der Waals surface area contributed by atoms with Gasteiger partial charge in [-0.3, -0.25) is 15.1 Å². The van der Waals surface area contributed by atoms with Gasteiger partial charge >= 0.3 is 0 Å². The predicted octanol–water partition coefficient (Wildman–Crippen LogP) is 3.48. The molecule has 0 radical (unpaired) electrons. The first kappa shape index (κ1) is 20.7. The number of aromatic amines is 2. The zero-order valence-corrected chi connectivity index (χ0v) is 19.5. The van der Waals surface area contributed by atoms with Gasteiger partial charge in [-0.15, -0.1) is 0 Å². The summed E-state index contributed by atoms with van der Waals surface area (Å²) in [4.78, 5) is 29.0. The Hall–Kier alpha value is -4.70. The lowest BCUT2D eigenvalue weighted by molar-refractivity contribution is 0.514. The molecule has 1 fully saturated rings. The number of pyridine rings is 2. The van der Waals surface area contributed by atoms with E-state index in [9.17, 15) is 0 Å². The minimum absolute atomic E-state index is 0.184. The molecule has 1 aromatic carbocycles. The molecule has 0 bridgehead atoms. The number of anilines is 1. The van der Waals surface area contributed by atoms with Gasteiger partial charge in [0.2, 0.25) is 0 Å². The smallest absolute Gasteiger partial charge is 0.161 e. The minimum atomic E-state index is 0.184. The summed E-state index contributed by atoms with van der Waals surface area (Å²) < 4.78 is 0. The summed E-state index contributed by atoms with van der Waals surface area (Å²) in [5, 5.41) is 7.60. The van der Waals surface area contributed by atoms with E-state index >= 15 is 0 Å². The van der Waals surface area contributed by atoms with Crippen molar-refractivity contribution < 1.29 is 0 Å². The van der Waals surface area contributed by atoms with Crippen LogP contribution in [0.5, 0.6) is 0 Å². The average Bonchev–Trinajstić information content (AvgIpc) is 3.50. The number of aromatic nitrogens is 8. The number of fused-ring (bicyclic) bond motifs is 2. The van der Waals surface area contributed by atoms with Gasteiger partial charge in [-0.2, -0.15) is 5.10 Å². The lowest BCUT2D eigenvalue weighted by Crippen LogP contribution is -2.56. The molecule has 10 nitrogen and oxygen atoms in total. The van der Waals surface area contributed by atoms with Crippen LogP contribution in [0.3, 0.4) is 0 Å². The molecule has 1 aliphatic rings. The molecule has 6 aromatic rings. The molecule has 0 amide bonds. The van der Waals surface area contributed by atoms with Crippen molar-refractivity contribution in [2.24, 2.45) is 5.73 Å². The molecular weight excluding hydrogens is 452 g/mol. The van der Waals surface area contributed by atoms with E-state index in [1.807, 2.05) is 30.3 Å². The molecular formula is C26H22N10. The lowest BCUT2D eigenvalue weighted by atomic mass is 10.1. The Morgan fingerprint density at radius 2 is 1.81 bits per heavy atom. The number of hydrogen-bond acceptors (Lipinski definition) is 8. The van der Waals surface area contributed by atoms with E-state index in [-0.39, 0.29) is 6.04 Å². The van der Waals surface area contributed by atoms with E-state index in [1.165, 1.54) is 5.56 Å². The quantitative estimate of drug-likeness (QED) is 0.353. The van der Waals surface area contributed by atoms with Crippen molar-refractivity contribution in [3.63, 3.8) is 0 Å². The van der Waals surface area contributed by atoms with Crippen molar-refractivity contribution in [2.75, 3.05) is 18.0 Å². The van der Waals surface area contributed by atoms with Crippen molar-refractivity contribution in [2.45, 2.75) is 13.0 Å². The number of benzene rings is 1. The van der Waals surface area contributed by atoms with Crippen LogP contribution in [-0.2, 0) is 0 Å². The maximum Gasteiger partial charge on any atom is 0.161 e. The Balaban J connectivity index is 1.31. The lowest BCUT2D eigenvalue weighted by Gasteiger charge is -2.37. The van der Waals surface area contributed by atoms with Gasteiger partial charge in [-0.25, -0.2) is 15.0 Å². The molecule has 0 unspecified atom stereocenters. The van der Waals surface area contributed by atoms with E-state index in [2.05, 4.69) is 49.1 Å². The molecule has 1 saturated heterocycles. The summed E-state index contributed by atoms with van der Waals surface area (Å²) >= 11 is 0. The highest BCUT2D eigenvalue weighted by Gasteiger charge is 2.25. The SMILES string of the molecule is Cc1cccc(-c2nccc3[nH]c(-c4n[nH]c5ccc(-c6cncc(N7CC(N)C7)n6)nc45)nc23)c1. The van der Waals surface area contributed by atoms with Crippen LogP contribution in [0.2, 0.25) is 0 Å². The van der Waals surface area contributed by atoms with E-state index in [1.54, 1.807) is 18.6 Å². The standard InChI is InChI=1S/C26H22N10/c1-14-3-2-4-15(9-14)22-23-18(7-8-29-22)32-26(33-23)25-24-19(34-35-25)6-5-17(31-24)20-10-28-11-21(30-20)36-12-16(27)13-36/h2-11,16H,12-13,27H2,1H3,(H,32,33)(H,34,35). The second-order valence-corrected chi connectivity index (χ2v) is 9.10. The number of nitrogens with one attached hydrogen (secondary N) is 2. The Labute approximate surface area is 205 Å². The van der Waals surface area contributed by atoms with Crippen LogP contribution >= 0.6 is 0 Å². The normalized spacial score (nSPS) is 14.0. The Bertz CT molecular complexity index is 1740. The van der Waals surface area contributed by atoms with Crippen LogP contribution in [-0.4, -0.2) is 59.2 Å². The summed E-state index contributed by atoms with van der Waals surface area (Å²) in [6.07, 6.45) is 5.27. The second kappa shape index (κ2) is 7.92. The third kappa shape index (κ3) is 3.38. The van der Waals surface area contributed by atoms with Gasteiger partial charge in [0.15, 0.2) is 11.5 Å². The molecule has 0 aliphatic carbocycles. The Morgan fingerprint density at radius 1 is 0.917 bits per heavy atom. The number of hydrogen-bond donors (Lipinski definition) is 3. The molecule has 7 rings (SSSR count). The number of nitrogens with zero attached hydrogens (tertiary/aromatic N) is 7. The van der Waals surface area contributed by atoms with Crippen molar-refractivity contribution in [3.05, 3.63) is 66.6 Å². The summed E-state index contributed by atoms with van der Waals surface area (Å²) in [6, 6.07) is 14.2. The van der Waals surface area contributed by atoms with E-state index in [0.29, 0.717) is 28.4 Å². The van der Waals surface area contributed by atoms with E-state index < -0.39 is 0 Å². The van der Waals surface area contributed by atoms with Crippen molar-refractivity contribution in [3.8, 4) is 34.2 Å². The highest BCUT2D eigenvalue weighted by molar-refractivity contribution is 5.95. The number of imidazole rings is 1. The van der Waals surface area contributed by atoms with Gasteiger partial charge in [-0.1, -0.05) is 23.8 Å². The summed E-state index contributed by atoms with van der Waals surface area (Å²) in [6.45, 7) is 3.63. The topological polar surface area (TPSA) is 138 Å². The first-order valence-corrected chi connectivity index (χ1v) is 11.7. The van der Waals surface area contributed by atoms with Gasteiger partial charge in [0, 0.05) is 30.9 Å². The van der Waals surface area contributed by atoms with Crippen molar-refractivity contribution >= 4 is 27.9 Å². The Morgan fingerprint density at radius 3 is 2.67 bits per heavy atom. The number of rotatable bonds is 4. The maximum atomic E-state index is 5.93. The third-order valence-electron chi connectivity index (χ3n) is 6.44. The van der Waals surface area contributed by atoms with Crippen LogP contribution in [0.25, 0.3) is 56.2 Å². The largest absolute Gasteiger partial charge is 0.352 e. The zero-order chi connectivity index (χ0) is 24.2. The summed E-state index contributed by atoms with van der Waals surface area (Å²) in [7, 11) is 0. The number of H-pyrrole nitrogens is 2. The van der Waals surface area contributed by atoms with E-state index in [0.717, 1.165) is 46.7 Å². The highest BCUT2D eigenvalue weighted by atomic mass is 15.3. The molecule has 4 N–H and O–H groups in total. The zero-order valence-electron chi connectivity index (χ0n) is 19.5. The molecule has 36 heavy (non-hydrogen) atoms. The number of aryl methyl sites for hydroxylation is 1. The van der Waals surface area contributed by atoms with Crippen LogP contribution in [0.15, 0.2) is 61.1 Å². The molecule has 0 spiro atoms.